The topological polar surface area (TPSA) is 235 Å². The lowest BCUT2D eigenvalue weighted by atomic mass is 10.1. The summed E-state index contributed by atoms with van der Waals surface area (Å²) in [5.74, 6) is 0. The molecule has 0 saturated heterocycles. The van der Waals surface area contributed by atoms with E-state index in [1.807, 2.05) is 5.43 Å². The molecule has 0 aliphatic heterocycles. The van der Waals surface area contributed by atoms with E-state index in [1.165, 1.54) is 12.1 Å². The van der Waals surface area contributed by atoms with Crippen molar-refractivity contribution in [1.29, 1.82) is 10.5 Å². The van der Waals surface area contributed by atoms with Crippen molar-refractivity contribution in [2.24, 2.45) is 5.10 Å². The molecule has 4 N–H and O–H groups in total. The van der Waals surface area contributed by atoms with Gasteiger partial charge in [-0.05, 0) is 29.7 Å². The number of hydrazone groups is 1. The summed E-state index contributed by atoms with van der Waals surface area (Å²) in [6.45, 7) is 0. The minimum atomic E-state index is -5.07. The van der Waals surface area contributed by atoms with Crippen LogP contribution in [0.15, 0.2) is 44.1 Å². The summed E-state index contributed by atoms with van der Waals surface area (Å²) < 4.78 is 97.3. The van der Waals surface area contributed by atoms with Crippen molar-refractivity contribution in [3.8, 4) is 12.1 Å². The summed E-state index contributed by atoms with van der Waals surface area (Å²) in [5, 5.41) is 19.7. The monoisotopic (exact) mass is 460 g/mol. The zero-order valence-electron chi connectivity index (χ0n) is 13.7. The van der Waals surface area contributed by atoms with Gasteiger partial charge in [0.15, 0.2) is 0 Å². The number of nitriles is 2. The Hall–Kier alpha value is -3.12. The van der Waals surface area contributed by atoms with Crippen LogP contribution >= 0.6 is 0 Å². The van der Waals surface area contributed by atoms with E-state index < -0.39 is 67.2 Å². The Labute approximate surface area is 163 Å². The summed E-state index contributed by atoms with van der Waals surface area (Å²) in [4.78, 5) is -2.93. The standard InChI is InChI=1S/C13H8N4O9S3/c14-5-8(6-15)16-17-11-4-10-7(2-13(11)29(24,25)26)1-9(27(18,19)20)3-12(10)28(21,22)23/h1-4,17H,(H,18,19,20)(H,21,22,23)(H,24,25,26). The van der Waals surface area contributed by atoms with Crippen LogP contribution in [0.1, 0.15) is 0 Å². The quantitative estimate of drug-likeness (QED) is 0.269. The fourth-order valence-corrected chi connectivity index (χ4v) is 4.19. The lowest BCUT2D eigenvalue weighted by Crippen LogP contribution is -2.08. The third kappa shape index (κ3) is 4.84. The predicted molar refractivity (Wildman–Crippen MR) is 95.7 cm³/mol. The molecule has 0 unspecified atom stereocenters. The predicted octanol–water partition coefficient (Wildman–Crippen LogP) is 0.395. The highest BCUT2D eigenvalue weighted by Gasteiger charge is 2.24. The fourth-order valence-electron chi connectivity index (χ4n) is 2.18. The van der Waals surface area contributed by atoms with Crippen molar-refractivity contribution in [3.05, 3.63) is 24.3 Å². The van der Waals surface area contributed by atoms with E-state index in [2.05, 4.69) is 5.10 Å². The van der Waals surface area contributed by atoms with E-state index in [1.54, 1.807) is 0 Å². The molecule has 2 aromatic carbocycles. The maximum absolute atomic E-state index is 11.7. The van der Waals surface area contributed by atoms with Crippen molar-refractivity contribution in [2.45, 2.75) is 14.7 Å². The van der Waals surface area contributed by atoms with Gasteiger partial charge >= 0.3 is 0 Å². The average molecular weight is 460 g/mol. The first kappa shape index (κ1) is 22.2. The van der Waals surface area contributed by atoms with Gasteiger partial charge in [0.25, 0.3) is 30.4 Å². The molecule has 0 spiro atoms. The number of hydrogen-bond donors (Lipinski definition) is 4. The molecule has 29 heavy (non-hydrogen) atoms. The smallest absolute Gasteiger partial charge is 0.282 e. The molecule has 0 heterocycles. The average Bonchev–Trinajstić information content (AvgIpc) is 2.58. The highest BCUT2D eigenvalue weighted by atomic mass is 32.2. The van der Waals surface area contributed by atoms with Crippen LogP contribution in [0.25, 0.3) is 10.8 Å². The van der Waals surface area contributed by atoms with Crippen LogP contribution in [0, 0.1) is 22.7 Å². The lowest BCUT2D eigenvalue weighted by molar-refractivity contribution is 0.480. The molecule has 13 nitrogen and oxygen atoms in total. The number of fused-ring (bicyclic) bond motifs is 1. The number of rotatable bonds is 5. The molecule has 0 fully saturated rings. The van der Waals surface area contributed by atoms with Crippen LogP contribution in [-0.2, 0) is 30.4 Å². The maximum atomic E-state index is 11.7. The van der Waals surface area contributed by atoms with Crippen molar-refractivity contribution in [3.63, 3.8) is 0 Å². The third-order valence-corrected chi connectivity index (χ3v) is 5.96. The van der Waals surface area contributed by atoms with Gasteiger partial charge in [-0.1, -0.05) is 0 Å². The summed E-state index contributed by atoms with van der Waals surface area (Å²) in [5.41, 5.74) is 0.646. The lowest BCUT2D eigenvalue weighted by Gasteiger charge is -2.12. The van der Waals surface area contributed by atoms with Gasteiger partial charge in [-0.3, -0.25) is 19.1 Å². The minimum Gasteiger partial charge on any atom is -0.282 e. The number of anilines is 1. The van der Waals surface area contributed by atoms with E-state index >= 15 is 0 Å². The normalized spacial score (nSPS) is 12.0. The van der Waals surface area contributed by atoms with Crippen LogP contribution < -0.4 is 5.43 Å². The first-order chi connectivity index (χ1) is 13.2. The van der Waals surface area contributed by atoms with Gasteiger partial charge in [-0.25, -0.2) is 0 Å². The summed E-state index contributed by atoms with van der Waals surface area (Å²) in [6.07, 6.45) is 0. The molecule has 0 bridgehead atoms. The number of benzene rings is 2. The van der Waals surface area contributed by atoms with Gasteiger partial charge in [0.05, 0.1) is 10.6 Å². The molecule has 0 atom stereocenters. The minimum absolute atomic E-state index is 0.420. The molecule has 2 aromatic rings. The zero-order valence-corrected chi connectivity index (χ0v) is 16.1. The summed E-state index contributed by atoms with van der Waals surface area (Å²) >= 11 is 0. The molecule has 2 rings (SSSR count). The van der Waals surface area contributed by atoms with Crippen LogP contribution in [0.5, 0.6) is 0 Å². The molecule has 0 aliphatic carbocycles. The highest BCUT2D eigenvalue weighted by Crippen LogP contribution is 2.33. The van der Waals surface area contributed by atoms with Gasteiger partial charge in [-0.15, -0.1) is 0 Å². The van der Waals surface area contributed by atoms with E-state index in [0.717, 1.165) is 6.07 Å². The number of hydrogen-bond acceptors (Lipinski definition) is 10. The molecule has 0 radical (unpaired) electrons. The van der Waals surface area contributed by atoms with Crippen LogP contribution in [-0.4, -0.2) is 44.6 Å². The molecular weight excluding hydrogens is 452 g/mol. The number of nitrogens with zero attached hydrogens (tertiary/aromatic N) is 3. The first-order valence-corrected chi connectivity index (χ1v) is 11.2. The Morgan fingerprint density at radius 3 is 1.83 bits per heavy atom. The Morgan fingerprint density at radius 2 is 1.38 bits per heavy atom. The zero-order chi connectivity index (χ0) is 22.2. The van der Waals surface area contributed by atoms with E-state index in [9.17, 15) is 34.4 Å². The van der Waals surface area contributed by atoms with E-state index in [-0.39, 0.29) is 0 Å². The molecule has 0 aliphatic rings. The van der Waals surface area contributed by atoms with Gasteiger partial charge in [0.2, 0.25) is 5.71 Å². The van der Waals surface area contributed by atoms with Crippen molar-refractivity contribution in [1.82, 2.24) is 0 Å². The molecule has 0 saturated carbocycles. The Kier molecular flexibility index (Phi) is 5.63. The van der Waals surface area contributed by atoms with Crippen molar-refractivity contribution in [2.75, 3.05) is 5.43 Å². The van der Waals surface area contributed by atoms with Crippen LogP contribution in [0.3, 0.4) is 0 Å². The van der Waals surface area contributed by atoms with E-state index in [4.69, 9.17) is 15.1 Å². The van der Waals surface area contributed by atoms with Crippen molar-refractivity contribution >= 4 is 52.5 Å². The van der Waals surface area contributed by atoms with Gasteiger partial charge in [0.1, 0.15) is 21.9 Å². The van der Waals surface area contributed by atoms with Gasteiger partial charge in [-0.2, -0.15) is 40.9 Å². The fraction of sp³-hybridized carbons (Fsp3) is 0. The summed E-state index contributed by atoms with van der Waals surface area (Å²) in [7, 11) is -15.0. The molecule has 0 amide bonds. The van der Waals surface area contributed by atoms with Gasteiger partial charge in [0, 0.05) is 5.39 Å². The Bertz CT molecular complexity index is 1450. The maximum Gasteiger partial charge on any atom is 0.296 e. The largest absolute Gasteiger partial charge is 0.296 e. The molecule has 0 aromatic heterocycles. The third-order valence-electron chi connectivity index (χ3n) is 3.34. The second kappa shape index (κ2) is 7.37. The first-order valence-electron chi connectivity index (χ1n) is 6.86. The van der Waals surface area contributed by atoms with Gasteiger partial charge < -0.3 is 0 Å². The number of nitrogens with one attached hydrogen (secondary N) is 1. The van der Waals surface area contributed by atoms with Crippen LogP contribution in [0.2, 0.25) is 0 Å². The highest BCUT2D eigenvalue weighted by molar-refractivity contribution is 7.87. The second-order valence-electron chi connectivity index (χ2n) is 5.21. The second-order valence-corrected chi connectivity index (χ2v) is 9.41. The Morgan fingerprint density at radius 1 is 0.828 bits per heavy atom. The van der Waals surface area contributed by atoms with Crippen LogP contribution in [0.4, 0.5) is 5.69 Å². The molecular formula is C13H8N4O9S3. The van der Waals surface area contributed by atoms with Crippen molar-refractivity contribution < 1.29 is 38.9 Å². The van der Waals surface area contributed by atoms with E-state index in [0.29, 0.717) is 18.2 Å². The summed E-state index contributed by atoms with van der Waals surface area (Å²) in [6, 6.07) is 5.22. The molecule has 152 valence electrons. The SMILES string of the molecule is N#CC(C#N)=NNc1cc2c(S(=O)(=O)O)cc(S(=O)(=O)O)cc2cc1S(=O)(=O)O. The molecule has 16 heteroatoms. The Balaban J connectivity index is 3.02.